The second-order valence-corrected chi connectivity index (χ2v) is 15.7. The van der Waals surface area contributed by atoms with Crippen molar-refractivity contribution in [2.75, 3.05) is 26.3 Å². The zero-order valence-corrected chi connectivity index (χ0v) is 32.0. The molecule has 1 N–H and O–H groups in total. The van der Waals surface area contributed by atoms with E-state index in [4.69, 9.17) is 14.0 Å². The number of ether oxygens (including phenoxy) is 2. The lowest BCUT2D eigenvalue weighted by Gasteiger charge is -2.20. The van der Waals surface area contributed by atoms with Gasteiger partial charge in [0.15, 0.2) is 6.10 Å². The Labute approximate surface area is 295 Å². The van der Waals surface area contributed by atoms with Gasteiger partial charge in [0.25, 0.3) is 0 Å². The molecule has 0 aromatic rings. The molecule has 2 atom stereocenters. The molecule has 0 bridgehead atoms. The first-order chi connectivity index (χ1) is 23.4. The second-order valence-electron chi connectivity index (χ2n) is 13.9. The Bertz CT molecular complexity index is 848. The van der Waals surface area contributed by atoms with Gasteiger partial charge < -0.3 is 14.4 Å². The molecule has 1 saturated heterocycles. The van der Waals surface area contributed by atoms with Crippen LogP contribution in [0.25, 0.3) is 0 Å². The van der Waals surface area contributed by atoms with E-state index in [2.05, 4.69) is 26.0 Å². The van der Waals surface area contributed by atoms with Crippen molar-refractivity contribution in [3.63, 3.8) is 0 Å². The topological polar surface area (TPSA) is 102 Å². The van der Waals surface area contributed by atoms with E-state index in [1.54, 1.807) is 0 Å². The fraction of sp³-hybridized carbons (Fsp3) is 0.897. The fourth-order valence-corrected chi connectivity index (χ4v) is 6.92. The minimum absolute atomic E-state index is 0.171. The number of carbonyl (C=O) groups is 2. The molecule has 0 amide bonds. The Morgan fingerprint density at radius 2 is 1.00 bits per heavy atom. The lowest BCUT2D eigenvalue weighted by atomic mass is 10.0. The number of rotatable bonds is 36. The van der Waals surface area contributed by atoms with Crippen molar-refractivity contribution in [2.45, 2.75) is 200 Å². The van der Waals surface area contributed by atoms with Gasteiger partial charge in [-0.15, -0.1) is 0 Å². The molecule has 0 aliphatic carbocycles. The Morgan fingerprint density at radius 1 is 0.604 bits per heavy atom. The number of nitrogens with zero attached hydrogens (tertiary/aromatic N) is 1. The van der Waals surface area contributed by atoms with Crippen LogP contribution in [0, 0.1) is 0 Å². The highest BCUT2D eigenvalue weighted by Gasteiger charge is 2.39. The summed E-state index contributed by atoms with van der Waals surface area (Å²) in [5, 5.41) is 0. The first-order valence-electron chi connectivity index (χ1n) is 20.1. The normalized spacial score (nSPS) is 15.1. The Balaban J connectivity index is 2.15. The van der Waals surface area contributed by atoms with E-state index >= 15 is 0 Å². The van der Waals surface area contributed by atoms with E-state index in [9.17, 15) is 19.0 Å². The molecule has 1 unspecified atom stereocenters. The van der Waals surface area contributed by atoms with Crippen molar-refractivity contribution in [3.8, 4) is 0 Å². The van der Waals surface area contributed by atoms with E-state index in [-0.39, 0.29) is 25.6 Å². The minimum atomic E-state index is -3.90. The average Bonchev–Trinajstić information content (AvgIpc) is 3.93. The average molecular weight is 700 g/mol. The number of carbonyl (C=O) groups excluding carboxylic acids is 2. The zero-order valence-electron chi connectivity index (χ0n) is 31.2. The van der Waals surface area contributed by atoms with Crippen molar-refractivity contribution in [1.29, 1.82) is 0 Å². The molecule has 9 heteroatoms. The van der Waals surface area contributed by atoms with Crippen LogP contribution in [0.2, 0.25) is 0 Å². The SMILES string of the molecule is CCCCCCCCC=CCCCCCCCC(=O)O[C@H](COC(=O)CCCCCCCCCCCCCCC)COP(=O)(O)N1CC1. The first-order valence-corrected chi connectivity index (χ1v) is 21.6. The molecule has 1 aliphatic heterocycles. The van der Waals surface area contributed by atoms with Crippen LogP contribution < -0.4 is 0 Å². The number of hydrogen-bond acceptors (Lipinski definition) is 6. The molecule has 1 heterocycles. The highest BCUT2D eigenvalue weighted by atomic mass is 31.2. The molecule has 0 saturated carbocycles. The molecular weight excluding hydrogens is 625 g/mol. The Kier molecular flexibility index (Phi) is 29.6. The molecule has 0 spiro atoms. The molecule has 1 rings (SSSR count). The summed E-state index contributed by atoms with van der Waals surface area (Å²) in [6.07, 6.45) is 35.8. The van der Waals surface area contributed by atoms with Crippen LogP contribution in [-0.2, 0) is 28.2 Å². The highest BCUT2D eigenvalue weighted by molar-refractivity contribution is 7.50. The van der Waals surface area contributed by atoms with Crippen LogP contribution in [-0.4, -0.2) is 53.9 Å². The quantitative estimate of drug-likeness (QED) is 0.0227. The standard InChI is InChI=1S/C39H74NO7P/c1-3-5-7-9-11-13-15-17-18-20-22-24-26-28-30-32-39(42)47-37(36-46-48(43,44)40-33-34-40)35-45-38(41)31-29-27-25-23-21-19-16-14-12-10-8-6-4-2/h17-18,37H,3-16,19-36H2,1-2H3,(H,43,44)/t37-/m1/s1. The van der Waals surface area contributed by atoms with Crippen LogP contribution in [0.4, 0.5) is 0 Å². The number of unbranched alkanes of at least 4 members (excludes halogenated alkanes) is 23. The van der Waals surface area contributed by atoms with Crippen molar-refractivity contribution in [3.05, 3.63) is 12.2 Å². The summed E-state index contributed by atoms with van der Waals surface area (Å²) >= 11 is 0. The van der Waals surface area contributed by atoms with Gasteiger partial charge in [-0.1, -0.05) is 154 Å². The first kappa shape index (κ1) is 44.8. The molecule has 48 heavy (non-hydrogen) atoms. The van der Waals surface area contributed by atoms with Crippen LogP contribution in [0.15, 0.2) is 12.2 Å². The lowest BCUT2D eigenvalue weighted by molar-refractivity contribution is -0.161. The summed E-state index contributed by atoms with van der Waals surface area (Å²) in [4.78, 5) is 35.0. The van der Waals surface area contributed by atoms with Crippen molar-refractivity contribution < 1.29 is 33.0 Å². The van der Waals surface area contributed by atoms with Crippen LogP contribution in [0.1, 0.15) is 194 Å². The molecule has 0 radical (unpaired) electrons. The van der Waals surface area contributed by atoms with E-state index in [1.807, 2.05) is 0 Å². The van der Waals surface area contributed by atoms with Gasteiger partial charge >= 0.3 is 19.7 Å². The molecule has 0 aromatic heterocycles. The lowest BCUT2D eigenvalue weighted by Crippen LogP contribution is -2.29. The van der Waals surface area contributed by atoms with Gasteiger partial charge in [0.2, 0.25) is 0 Å². The Hall–Kier alpha value is -1.21. The fourth-order valence-electron chi connectivity index (χ4n) is 5.81. The second kappa shape index (κ2) is 31.7. The molecule has 1 fully saturated rings. The van der Waals surface area contributed by atoms with Gasteiger partial charge in [-0.2, -0.15) is 0 Å². The molecule has 0 aromatic carbocycles. The maximum Gasteiger partial charge on any atom is 0.405 e. The number of allylic oxidation sites excluding steroid dienone is 2. The summed E-state index contributed by atoms with van der Waals surface area (Å²) in [7, 11) is -3.90. The smallest absolute Gasteiger partial charge is 0.405 e. The predicted molar refractivity (Wildman–Crippen MR) is 198 cm³/mol. The third kappa shape index (κ3) is 28.6. The maximum atomic E-state index is 12.5. The predicted octanol–water partition coefficient (Wildman–Crippen LogP) is 11.4. The third-order valence-electron chi connectivity index (χ3n) is 9.07. The number of esters is 2. The third-order valence-corrected chi connectivity index (χ3v) is 10.7. The van der Waals surface area contributed by atoms with Crippen molar-refractivity contribution >= 4 is 19.7 Å². The highest BCUT2D eigenvalue weighted by Crippen LogP contribution is 2.50. The van der Waals surface area contributed by atoms with Crippen molar-refractivity contribution in [1.82, 2.24) is 4.67 Å². The van der Waals surface area contributed by atoms with Gasteiger partial charge in [0.1, 0.15) is 6.61 Å². The van der Waals surface area contributed by atoms with E-state index < -0.39 is 19.8 Å². The van der Waals surface area contributed by atoms with Gasteiger partial charge in [0.05, 0.1) is 6.61 Å². The van der Waals surface area contributed by atoms with Crippen molar-refractivity contribution in [2.24, 2.45) is 0 Å². The monoisotopic (exact) mass is 700 g/mol. The zero-order chi connectivity index (χ0) is 35.0. The number of hydrogen-bond donors (Lipinski definition) is 1. The minimum Gasteiger partial charge on any atom is -0.462 e. The van der Waals surface area contributed by atoms with Crippen LogP contribution in [0.3, 0.4) is 0 Å². The summed E-state index contributed by atoms with van der Waals surface area (Å²) in [5.41, 5.74) is 0. The summed E-state index contributed by atoms with van der Waals surface area (Å²) < 4.78 is 29.8. The van der Waals surface area contributed by atoms with E-state index in [0.717, 1.165) is 51.4 Å². The summed E-state index contributed by atoms with van der Waals surface area (Å²) in [6.45, 7) is 5.05. The van der Waals surface area contributed by atoms with Crippen LogP contribution in [0.5, 0.6) is 0 Å². The molecule has 8 nitrogen and oxygen atoms in total. The van der Waals surface area contributed by atoms with E-state index in [0.29, 0.717) is 19.5 Å². The van der Waals surface area contributed by atoms with E-state index in [1.165, 1.54) is 120 Å². The van der Waals surface area contributed by atoms with Gasteiger partial charge in [-0.3, -0.25) is 14.1 Å². The van der Waals surface area contributed by atoms with Gasteiger partial charge in [0, 0.05) is 25.9 Å². The molecule has 1 aliphatic rings. The van der Waals surface area contributed by atoms with Crippen LogP contribution >= 0.6 is 7.75 Å². The molecular formula is C39H74NO7P. The van der Waals surface area contributed by atoms with Gasteiger partial charge in [-0.25, -0.2) is 9.24 Å². The Morgan fingerprint density at radius 3 is 1.44 bits per heavy atom. The largest absolute Gasteiger partial charge is 0.462 e. The van der Waals surface area contributed by atoms with Gasteiger partial charge in [-0.05, 0) is 38.5 Å². The maximum absolute atomic E-state index is 12.5. The summed E-state index contributed by atoms with van der Waals surface area (Å²) in [5.74, 6) is -0.734. The summed E-state index contributed by atoms with van der Waals surface area (Å²) in [6, 6.07) is 0. The molecule has 282 valence electrons.